The van der Waals surface area contributed by atoms with E-state index in [4.69, 9.17) is 4.74 Å². The molecule has 1 aromatic heterocycles. The van der Waals surface area contributed by atoms with Crippen molar-refractivity contribution in [1.82, 2.24) is 4.57 Å². The maximum Gasteiger partial charge on any atom is 0.255 e. The van der Waals surface area contributed by atoms with E-state index < -0.39 is 0 Å². The Morgan fingerprint density at radius 3 is 2.00 bits per heavy atom. The lowest BCUT2D eigenvalue weighted by atomic mass is 10.2. The lowest BCUT2D eigenvalue weighted by Crippen LogP contribution is -2.12. The third-order valence-corrected chi connectivity index (χ3v) is 4.01. The number of amides is 1. The summed E-state index contributed by atoms with van der Waals surface area (Å²) in [7, 11) is 1.61. The van der Waals surface area contributed by atoms with Gasteiger partial charge in [0.05, 0.1) is 7.11 Å². The molecule has 122 valence electrons. The number of hydrogen-bond acceptors (Lipinski definition) is 2. The number of methoxy groups -OCH3 is 1. The maximum atomic E-state index is 12.4. The van der Waals surface area contributed by atoms with Gasteiger partial charge in [0, 0.05) is 28.3 Å². The summed E-state index contributed by atoms with van der Waals surface area (Å²) in [6, 6.07) is 19.0. The Labute approximate surface area is 141 Å². The van der Waals surface area contributed by atoms with Crippen LogP contribution in [0.2, 0.25) is 0 Å². The zero-order valence-electron chi connectivity index (χ0n) is 14.0. The second-order valence-corrected chi connectivity index (χ2v) is 5.68. The molecule has 3 rings (SSSR count). The van der Waals surface area contributed by atoms with Crippen LogP contribution in [0.15, 0.2) is 60.7 Å². The van der Waals surface area contributed by atoms with E-state index in [-0.39, 0.29) is 5.91 Å². The number of carbonyl (C=O) groups excluding carboxylic acids is 1. The van der Waals surface area contributed by atoms with Gasteiger partial charge in [-0.05, 0) is 74.5 Å². The molecule has 0 radical (unpaired) electrons. The fraction of sp³-hybridized carbons (Fsp3) is 0.150. The molecule has 1 N–H and O–H groups in total. The van der Waals surface area contributed by atoms with Crippen LogP contribution in [-0.2, 0) is 0 Å². The van der Waals surface area contributed by atoms with Gasteiger partial charge in [-0.2, -0.15) is 0 Å². The number of aryl methyl sites for hydroxylation is 2. The summed E-state index contributed by atoms with van der Waals surface area (Å²) in [6.07, 6.45) is 0. The van der Waals surface area contributed by atoms with Crippen LogP contribution < -0.4 is 10.1 Å². The minimum atomic E-state index is -0.132. The molecule has 0 saturated carbocycles. The second kappa shape index (κ2) is 6.62. The molecule has 4 nitrogen and oxygen atoms in total. The van der Waals surface area contributed by atoms with Gasteiger partial charge in [-0.15, -0.1) is 0 Å². The predicted molar refractivity (Wildman–Crippen MR) is 96.2 cm³/mol. The number of nitrogens with one attached hydrogen (secondary N) is 1. The van der Waals surface area contributed by atoms with Gasteiger partial charge in [0.1, 0.15) is 5.75 Å². The maximum absolute atomic E-state index is 12.4. The standard InChI is InChI=1S/C20H20N2O2/c1-14-4-5-15(2)22(14)18-10-6-16(7-11-18)20(23)21-17-8-12-19(24-3)13-9-17/h4-13H,1-3H3,(H,21,23). The average molecular weight is 320 g/mol. The van der Waals surface area contributed by atoms with Crippen LogP contribution in [0.1, 0.15) is 21.7 Å². The molecule has 0 aliphatic rings. The zero-order valence-corrected chi connectivity index (χ0v) is 14.0. The van der Waals surface area contributed by atoms with Crippen molar-refractivity contribution in [3.63, 3.8) is 0 Å². The Balaban J connectivity index is 1.76. The molecule has 24 heavy (non-hydrogen) atoms. The highest BCUT2D eigenvalue weighted by Crippen LogP contribution is 2.19. The first-order chi connectivity index (χ1) is 11.6. The second-order valence-electron chi connectivity index (χ2n) is 5.68. The summed E-state index contributed by atoms with van der Waals surface area (Å²) in [5, 5.41) is 2.89. The number of rotatable bonds is 4. The monoisotopic (exact) mass is 320 g/mol. The summed E-state index contributed by atoms with van der Waals surface area (Å²) >= 11 is 0. The van der Waals surface area contributed by atoms with Crippen molar-refractivity contribution in [2.45, 2.75) is 13.8 Å². The summed E-state index contributed by atoms with van der Waals surface area (Å²) in [5.41, 5.74) is 4.75. The fourth-order valence-electron chi connectivity index (χ4n) is 2.72. The summed E-state index contributed by atoms with van der Waals surface area (Å²) < 4.78 is 7.27. The number of carbonyl (C=O) groups is 1. The summed E-state index contributed by atoms with van der Waals surface area (Å²) in [5.74, 6) is 0.627. The highest BCUT2D eigenvalue weighted by molar-refractivity contribution is 6.04. The number of ether oxygens (including phenoxy) is 1. The predicted octanol–water partition coefficient (Wildman–Crippen LogP) is 4.36. The highest BCUT2D eigenvalue weighted by Gasteiger charge is 2.08. The van der Waals surface area contributed by atoms with E-state index >= 15 is 0 Å². The molecule has 0 atom stereocenters. The van der Waals surface area contributed by atoms with Gasteiger partial charge in [-0.1, -0.05) is 0 Å². The van der Waals surface area contributed by atoms with Crippen molar-refractivity contribution >= 4 is 11.6 Å². The van der Waals surface area contributed by atoms with Crippen molar-refractivity contribution in [3.05, 3.63) is 77.6 Å². The van der Waals surface area contributed by atoms with Crippen molar-refractivity contribution < 1.29 is 9.53 Å². The lowest BCUT2D eigenvalue weighted by molar-refractivity contribution is 0.102. The Hall–Kier alpha value is -3.01. The minimum Gasteiger partial charge on any atom is -0.497 e. The van der Waals surface area contributed by atoms with Gasteiger partial charge in [0.15, 0.2) is 0 Å². The molecule has 0 aliphatic heterocycles. The van der Waals surface area contributed by atoms with Gasteiger partial charge in [0.2, 0.25) is 0 Å². The number of aromatic nitrogens is 1. The molecule has 0 fully saturated rings. The van der Waals surface area contributed by atoms with E-state index in [0.717, 1.165) is 17.1 Å². The first kappa shape index (κ1) is 15.9. The topological polar surface area (TPSA) is 43.3 Å². The molecule has 1 amide bonds. The van der Waals surface area contributed by atoms with Crippen LogP contribution in [-0.4, -0.2) is 17.6 Å². The zero-order chi connectivity index (χ0) is 17.1. The smallest absolute Gasteiger partial charge is 0.255 e. The molecular weight excluding hydrogens is 300 g/mol. The first-order valence-corrected chi connectivity index (χ1v) is 7.79. The normalized spacial score (nSPS) is 10.5. The molecule has 0 bridgehead atoms. The van der Waals surface area contributed by atoms with Crippen LogP contribution >= 0.6 is 0 Å². The molecule has 3 aromatic rings. The fourth-order valence-corrected chi connectivity index (χ4v) is 2.72. The van der Waals surface area contributed by atoms with E-state index in [9.17, 15) is 4.79 Å². The molecule has 0 unspecified atom stereocenters. The number of nitrogens with zero attached hydrogens (tertiary/aromatic N) is 1. The largest absolute Gasteiger partial charge is 0.497 e. The quantitative estimate of drug-likeness (QED) is 0.776. The third kappa shape index (κ3) is 3.18. The van der Waals surface area contributed by atoms with E-state index in [1.54, 1.807) is 7.11 Å². The van der Waals surface area contributed by atoms with Crippen LogP contribution in [0.4, 0.5) is 5.69 Å². The first-order valence-electron chi connectivity index (χ1n) is 7.79. The Morgan fingerprint density at radius 2 is 1.46 bits per heavy atom. The van der Waals surface area contributed by atoms with Gasteiger partial charge < -0.3 is 14.6 Å². The molecule has 2 aromatic carbocycles. The van der Waals surface area contributed by atoms with Crippen LogP contribution in [0.5, 0.6) is 5.75 Å². The Bertz CT molecular complexity index is 827. The summed E-state index contributed by atoms with van der Waals surface area (Å²) in [6.45, 7) is 4.13. The molecule has 0 aliphatic carbocycles. The van der Waals surface area contributed by atoms with Crippen molar-refractivity contribution in [1.29, 1.82) is 0 Å². The number of anilines is 1. The van der Waals surface area contributed by atoms with Crippen molar-refractivity contribution in [2.24, 2.45) is 0 Å². The minimum absolute atomic E-state index is 0.132. The SMILES string of the molecule is COc1ccc(NC(=O)c2ccc(-n3c(C)ccc3C)cc2)cc1. The van der Waals surface area contributed by atoms with E-state index in [0.29, 0.717) is 5.56 Å². The number of benzene rings is 2. The Kier molecular flexibility index (Phi) is 4.38. The molecule has 0 spiro atoms. The van der Waals surface area contributed by atoms with Gasteiger partial charge in [-0.25, -0.2) is 0 Å². The van der Waals surface area contributed by atoms with E-state index in [2.05, 4.69) is 35.9 Å². The molecular formula is C20H20N2O2. The third-order valence-electron chi connectivity index (χ3n) is 4.01. The van der Waals surface area contributed by atoms with Crippen LogP contribution in [0.25, 0.3) is 5.69 Å². The van der Waals surface area contributed by atoms with E-state index in [1.807, 2.05) is 48.5 Å². The van der Waals surface area contributed by atoms with Crippen LogP contribution in [0.3, 0.4) is 0 Å². The molecule has 1 heterocycles. The van der Waals surface area contributed by atoms with E-state index in [1.165, 1.54) is 11.4 Å². The highest BCUT2D eigenvalue weighted by atomic mass is 16.5. The molecule has 4 heteroatoms. The average Bonchev–Trinajstić information content (AvgIpc) is 2.94. The van der Waals surface area contributed by atoms with Crippen molar-refractivity contribution in [2.75, 3.05) is 12.4 Å². The molecule has 0 saturated heterocycles. The van der Waals surface area contributed by atoms with Crippen LogP contribution in [0, 0.1) is 13.8 Å². The van der Waals surface area contributed by atoms with Gasteiger partial charge in [0.25, 0.3) is 5.91 Å². The van der Waals surface area contributed by atoms with Gasteiger partial charge in [-0.3, -0.25) is 4.79 Å². The van der Waals surface area contributed by atoms with Crippen molar-refractivity contribution in [3.8, 4) is 11.4 Å². The summed E-state index contributed by atoms with van der Waals surface area (Å²) in [4.78, 5) is 12.4. The Morgan fingerprint density at radius 1 is 0.875 bits per heavy atom. The number of hydrogen-bond donors (Lipinski definition) is 1. The lowest BCUT2D eigenvalue weighted by Gasteiger charge is -2.11. The van der Waals surface area contributed by atoms with Gasteiger partial charge >= 0.3 is 0 Å².